The van der Waals surface area contributed by atoms with Gasteiger partial charge in [-0.3, -0.25) is 0 Å². The van der Waals surface area contributed by atoms with E-state index < -0.39 is 0 Å². The summed E-state index contributed by atoms with van der Waals surface area (Å²) in [7, 11) is 0. The molecule has 0 atom stereocenters. The number of rotatable bonds is 1. The minimum Gasteiger partial charge on any atom is -0.122 e. The third kappa shape index (κ3) is 33.7. The second-order valence-corrected chi connectivity index (χ2v) is 2.02. The number of halogens is 1. The van der Waals surface area contributed by atoms with Crippen LogP contribution in [0.3, 0.4) is 0 Å². The summed E-state index contributed by atoms with van der Waals surface area (Å²) in [5.41, 5.74) is 1.02. The third-order valence-electron chi connectivity index (χ3n) is 0.561. The Morgan fingerprint density at radius 3 is 1.67 bits per heavy atom. The molecule has 0 nitrogen and oxygen atoms in total. The molecule has 0 aliphatic heterocycles. The first-order valence-corrected chi connectivity index (χ1v) is 3.50. The van der Waals surface area contributed by atoms with Crippen molar-refractivity contribution in [2.45, 2.75) is 20.8 Å². The highest BCUT2D eigenvalue weighted by Gasteiger charge is 1.70. The standard InChI is InChI=1S/C4H7Cl.C4H8/c1-4(2)3-5;1-3-4-2/h1,3H2,2H3;3-4H,1-2H3/b;4-3-. The lowest BCUT2D eigenvalue weighted by Gasteiger charge is -1.77. The highest BCUT2D eigenvalue weighted by Crippen LogP contribution is 1.86. The van der Waals surface area contributed by atoms with Crippen LogP contribution in [-0.4, -0.2) is 5.88 Å². The quantitative estimate of drug-likeness (QED) is 0.393. The fourth-order valence-corrected chi connectivity index (χ4v) is 0. The van der Waals surface area contributed by atoms with E-state index in [4.69, 9.17) is 11.6 Å². The van der Waals surface area contributed by atoms with Gasteiger partial charge in [0.25, 0.3) is 0 Å². The molecular weight excluding hydrogens is 132 g/mol. The number of hydrogen-bond donors (Lipinski definition) is 0. The summed E-state index contributed by atoms with van der Waals surface area (Å²) < 4.78 is 0. The molecule has 1 heteroatoms. The molecule has 0 spiro atoms. The van der Waals surface area contributed by atoms with Crippen molar-refractivity contribution < 1.29 is 0 Å². The SMILES string of the molecule is C/C=C\C.C=C(C)CCl. The van der Waals surface area contributed by atoms with Crippen LogP contribution in [0.4, 0.5) is 0 Å². The minimum atomic E-state index is 0.583. The van der Waals surface area contributed by atoms with Crippen LogP contribution < -0.4 is 0 Å². The first-order chi connectivity index (χ1) is 4.18. The third-order valence-corrected chi connectivity index (χ3v) is 1.02. The maximum Gasteiger partial charge on any atom is 0.0428 e. The molecule has 0 amide bonds. The van der Waals surface area contributed by atoms with Crippen LogP contribution in [0.5, 0.6) is 0 Å². The Labute approximate surface area is 63.2 Å². The molecule has 0 heterocycles. The maximum absolute atomic E-state index is 5.24. The van der Waals surface area contributed by atoms with Crippen LogP contribution in [0.2, 0.25) is 0 Å². The van der Waals surface area contributed by atoms with Crippen molar-refractivity contribution in [3.05, 3.63) is 24.3 Å². The van der Waals surface area contributed by atoms with Crippen molar-refractivity contribution in [2.75, 3.05) is 5.88 Å². The van der Waals surface area contributed by atoms with Gasteiger partial charge in [0.15, 0.2) is 0 Å². The highest BCUT2D eigenvalue weighted by atomic mass is 35.5. The number of alkyl halides is 1. The van der Waals surface area contributed by atoms with Crippen molar-refractivity contribution in [3.8, 4) is 0 Å². The van der Waals surface area contributed by atoms with E-state index in [-0.39, 0.29) is 0 Å². The number of allylic oxidation sites excluding steroid dienone is 3. The van der Waals surface area contributed by atoms with E-state index >= 15 is 0 Å². The number of hydrogen-bond acceptors (Lipinski definition) is 0. The monoisotopic (exact) mass is 146 g/mol. The Balaban J connectivity index is 0. The average molecular weight is 147 g/mol. The Kier molecular flexibility index (Phi) is 13.7. The van der Waals surface area contributed by atoms with Crippen molar-refractivity contribution in [2.24, 2.45) is 0 Å². The van der Waals surface area contributed by atoms with Crippen LogP contribution in [0, 0.1) is 0 Å². The molecule has 0 aliphatic carbocycles. The van der Waals surface area contributed by atoms with E-state index in [0.29, 0.717) is 5.88 Å². The molecule has 0 radical (unpaired) electrons. The van der Waals surface area contributed by atoms with Crippen LogP contribution in [0.25, 0.3) is 0 Å². The zero-order valence-electron chi connectivity index (χ0n) is 6.45. The van der Waals surface area contributed by atoms with Crippen molar-refractivity contribution in [1.82, 2.24) is 0 Å². The predicted molar refractivity (Wildman–Crippen MR) is 46.0 cm³/mol. The summed E-state index contributed by atoms with van der Waals surface area (Å²) in [6.45, 7) is 9.44. The Morgan fingerprint density at radius 2 is 1.67 bits per heavy atom. The average Bonchev–Trinajstić information content (AvgIpc) is 1.89. The molecule has 0 aromatic heterocycles. The Hall–Kier alpha value is -0.230. The summed E-state index contributed by atoms with van der Waals surface area (Å²) >= 11 is 5.24. The van der Waals surface area contributed by atoms with Crippen molar-refractivity contribution in [1.29, 1.82) is 0 Å². The molecule has 0 bridgehead atoms. The zero-order chi connectivity index (χ0) is 7.70. The summed E-state index contributed by atoms with van der Waals surface area (Å²) in [6, 6.07) is 0. The van der Waals surface area contributed by atoms with Gasteiger partial charge in [-0.1, -0.05) is 24.3 Å². The van der Waals surface area contributed by atoms with Gasteiger partial charge in [-0.05, 0) is 20.8 Å². The second kappa shape index (κ2) is 10.7. The molecule has 0 N–H and O–H groups in total. The van der Waals surface area contributed by atoms with Gasteiger partial charge in [0.05, 0.1) is 0 Å². The summed E-state index contributed by atoms with van der Waals surface area (Å²) in [4.78, 5) is 0. The molecule has 0 rings (SSSR count). The van der Waals surface area contributed by atoms with E-state index in [1.165, 1.54) is 0 Å². The van der Waals surface area contributed by atoms with Gasteiger partial charge in [-0.25, -0.2) is 0 Å². The van der Waals surface area contributed by atoms with Crippen LogP contribution in [0.15, 0.2) is 24.3 Å². The van der Waals surface area contributed by atoms with Crippen LogP contribution in [-0.2, 0) is 0 Å². The lowest BCUT2D eigenvalue weighted by molar-refractivity contribution is 1.43. The fourth-order valence-electron chi connectivity index (χ4n) is 0. The van der Waals surface area contributed by atoms with Gasteiger partial charge in [-0.2, -0.15) is 0 Å². The lowest BCUT2D eigenvalue weighted by atomic mass is 10.4. The van der Waals surface area contributed by atoms with Crippen LogP contribution in [0.1, 0.15) is 20.8 Å². The second-order valence-electron chi connectivity index (χ2n) is 1.76. The molecule has 0 saturated heterocycles. The molecular formula is C8H15Cl. The summed E-state index contributed by atoms with van der Waals surface area (Å²) in [5.74, 6) is 0.583. The highest BCUT2D eigenvalue weighted by molar-refractivity contribution is 6.19. The van der Waals surface area contributed by atoms with Gasteiger partial charge in [0, 0.05) is 5.88 Å². The largest absolute Gasteiger partial charge is 0.122 e. The van der Waals surface area contributed by atoms with Crippen LogP contribution >= 0.6 is 11.6 Å². The van der Waals surface area contributed by atoms with Gasteiger partial charge >= 0.3 is 0 Å². The Bertz CT molecular complexity index is 78.6. The molecule has 0 fully saturated rings. The minimum absolute atomic E-state index is 0.583. The summed E-state index contributed by atoms with van der Waals surface area (Å²) in [6.07, 6.45) is 4.00. The van der Waals surface area contributed by atoms with E-state index in [9.17, 15) is 0 Å². The van der Waals surface area contributed by atoms with E-state index in [2.05, 4.69) is 6.58 Å². The van der Waals surface area contributed by atoms with E-state index in [1.807, 2.05) is 32.9 Å². The molecule has 0 aromatic rings. The van der Waals surface area contributed by atoms with E-state index in [0.717, 1.165) is 5.57 Å². The Morgan fingerprint density at radius 1 is 1.44 bits per heavy atom. The molecule has 0 aliphatic rings. The zero-order valence-corrected chi connectivity index (χ0v) is 7.20. The first-order valence-electron chi connectivity index (χ1n) is 2.96. The van der Waals surface area contributed by atoms with Gasteiger partial charge in [-0.15, -0.1) is 11.6 Å². The van der Waals surface area contributed by atoms with Crippen molar-refractivity contribution >= 4 is 11.6 Å². The van der Waals surface area contributed by atoms with Crippen molar-refractivity contribution in [3.63, 3.8) is 0 Å². The molecule has 54 valence electrons. The summed E-state index contributed by atoms with van der Waals surface area (Å²) in [5, 5.41) is 0. The molecule has 0 unspecified atom stereocenters. The van der Waals surface area contributed by atoms with Gasteiger partial charge < -0.3 is 0 Å². The molecule has 0 saturated carbocycles. The fraction of sp³-hybridized carbons (Fsp3) is 0.500. The molecule has 9 heavy (non-hydrogen) atoms. The van der Waals surface area contributed by atoms with Gasteiger partial charge in [0.1, 0.15) is 0 Å². The normalized spacial score (nSPS) is 8.44. The van der Waals surface area contributed by atoms with Gasteiger partial charge in [0.2, 0.25) is 0 Å². The molecule has 0 aromatic carbocycles. The van der Waals surface area contributed by atoms with E-state index in [1.54, 1.807) is 0 Å². The smallest absolute Gasteiger partial charge is 0.0428 e. The first kappa shape index (κ1) is 11.6. The maximum atomic E-state index is 5.24. The predicted octanol–water partition coefficient (Wildman–Crippen LogP) is 3.38. The topological polar surface area (TPSA) is 0 Å². The lowest BCUT2D eigenvalue weighted by Crippen LogP contribution is -1.65.